The summed E-state index contributed by atoms with van der Waals surface area (Å²) >= 11 is 0. The van der Waals surface area contributed by atoms with E-state index in [0.29, 0.717) is 13.2 Å². The maximum absolute atomic E-state index is 7.32. The van der Waals surface area contributed by atoms with Gasteiger partial charge in [-0.05, 0) is 128 Å². The second-order valence-electron chi connectivity index (χ2n) is 22.0. The highest BCUT2D eigenvalue weighted by atomic mass is 16.5. The summed E-state index contributed by atoms with van der Waals surface area (Å²) in [6.45, 7) is 30.9. The second kappa shape index (κ2) is 14.8. The van der Waals surface area contributed by atoms with Crippen LogP contribution in [0.5, 0.6) is 11.5 Å². The van der Waals surface area contributed by atoms with Crippen molar-refractivity contribution in [3.8, 4) is 22.6 Å². The highest BCUT2D eigenvalue weighted by molar-refractivity contribution is 7.01. The van der Waals surface area contributed by atoms with E-state index in [-0.39, 0.29) is 28.9 Å². The predicted molar refractivity (Wildman–Crippen MR) is 271 cm³/mol. The fraction of sp³-hybridized carbons (Fsp3) is 0.345. The van der Waals surface area contributed by atoms with Crippen molar-refractivity contribution in [2.24, 2.45) is 0 Å². The van der Waals surface area contributed by atoms with Crippen molar-refractivity contribution in [2.75, 3.05) is 23.0 Å². The molecule has 64 heavy (non-hydrogen) atoms. The number of hydrogen-bond acceptors (Lipinski definition) is 5. The Balaban J connectivity index is 1.38. The Morgan fingerprint density at radius 1 is 0.562 bits per heavy atom. The smallest absolute Gasteiger partial charge is 0.257 e. The third-order valence-corrected chi connectivity index (χ3v) is 13.9. The molecule has 3 aliphatic heterocycles. The number of benzene rings is 6. The van der Waals surface area contributed by atoms with E-state index in [9.17, 15) is 0 Å². The van der Waals surface area contributed by atoms with Crippen LogP contribution in [0.25, 0.3) is 22.1 Å². The molecule has 0 amide bonds. The van der Waals surface area contributed by atoms with Crippen LogP contribution in [-0.2, 0) is 16.2 Å². The molecular formula is C58H63BN2O3. The van der Waals surface area contributed by atoms with E-state index in [1.807, 2.05) is 0 Å². The van der Waals surface area contributed by atoms with Crippen molar-refractivity contribution in [2.45, 2.75) is 119 Å². The minimum atomic E-state index is -0.166. The van der Waals surface area contributed by atoms with Crippen molar-refractivity contribution in [3.05, 3.63) is 137 Å². The monoisotopic (exact) mass is 846 g/mol. The molecule has 0 saturated heterocycles. The van der Waals surface area contributed by atoms with Crippen LogP contribution in [0.1, 0.15) is 122 Å². The minimum absolute atomic E-state index is 0.00133. The zero-order valence-corrected chi connectivity index (χ0v) is 40.2. The van der Waals surface area contributed by atoms with Gasteiger partial charge in [0.2, 0.25) is 5.88 Å². The summed E-state index contributed by atoms with van der Waals surface area (Å²) in [7, 11) is 0. The van der Waals surface area contributed by atoms with E-state index in [1.165, 1.54) is 72.3 Å². The Morgan fingerprint density at radius 2 is 1.16 bits per heavy atom. The molecule has 6 heteroatoms. The third-order valence-electron chi connectivity index (χ3n) is 13.9. The molecule has 0 unspecified atom stereocenters. The van der Waals surface area contributed by atoms with Crippen molar-refractivity contribution >= 4 is 68.4 Å². The van der Waals surface area contributed by atoms with Crippen LogP contribution < -0.4 is 35.7 Å². The highest BCUT2D eigenvalue weighted by Gasteiger charge is 2.48. The lowest BCUT2D eigenvalue weighted by atomic mass is 9.33. The summed E-state index contributed by atoms with van der Waals surface area (Å²) in [4.78, 5) is 5.03. The van der Waals surface area contributed by atoms with E-state index in [4.69, 9.17) is 13.9 Å². The Kier molecular flexibility index (Phi) is 9.76. The number of rotatable bonds is 4. The molecule has 0 N–H and O–H groups in total. The molecule has 326 valence electrons. The number of nitrogens with zero attached hydrogens (tertiary/aromatic N) is 2. The van der Waals surface area contributed by atoms with Crippen LogP contribution in [0.4, 0.5) is 34.3 Å². The number of furan rings is 1. The lowest BCUT2D eigenvalue weighted by Crippen LogP contribution is -2.61. The number of ether oxygens (including phenoxy) is 2. The first kappa shape index (κ1) is 42.1. The standard InChI is InChI=1S/C58H63BN2O3/c1-34(2)38-28-47-53-48(29-38)61(54-35(3)26-41(27-36(54)4)58(11,12)13)55-52(43-31-40(57(8,9)10)21-23-49(43)64-55)59(53)44-32-50-51(63-25-17-24-62-50)33-46(44)60(47)45-22-20-39(56(5,6)7)30-42(45)37-18-15-14-16-19-37/h14-16,18-23,26-34H,17,24-25H2,1-13H3. The van der Waals surface area contributed by atoms with Crippen LogP contribution in [0.3, 0.4) is 0 Å². The van der Waals surface area contributed by atoms with Crippen molar-refractivity contribution < 1.29 is 13.9 Å². The van der Waals surface area contributed by atoms with Gasteiger partial charge in [0.05, 0.1) is 24.6 Å². The highest BCUT2D eigenvalue weighted by Crippen LogP contribution is 2.52. The maximum atomic E-state index is 7.32. The molecule has 5 nitrogen and oxygen atoms in total. The van der Waals surface area contributed by atoms with Gasteiger partial charge in [-0.15, -0.1) is 0 Å². The molecule has 0 radical (unpaired) electrons. The zero-order valence-electron chi connectivity index (χ0n) is 40.2. The molecule has 3 aliphatic rings. The summed E-state index contributed by atoms with van der Waals surface area (Å²) in [5, 5.41) is 1.15. The van der Waals surface area contributed by atoms with Crippen LogP contribution in [0.15, 0.2) is 108 Å². The molecule has 10 rings (SSSR count). The van der Waals surface area contributed by atoms with Gasteiger partial charge >= 0.3 is 0 Å². The molecule has 0 fully saturated rings. The molecule has 0 aliphatic carbocycles. The minimum Gasteiger partial charge on any atom is -0.490 e. The van der Waals surface area contributed by atoms with E-state index < -0.39 is 0 Å². The molecule has 0 saturated carbocycles. The van der Waals surface area contributed by atoms with Gasteiger partial charge in [0, 0.05) is 46.0 Å². The quantitative estimate of drug-likeness (QED) is 0.165. The molecule has 6 aromatic carbocycles. The Labute approximate surface area is 381 Å². The number of fused-ring (bicyclic) bond motifs is 7. The first-order chi connectivity index (χ1) is 30.3. The molecule has 0 spiro atoms. The predicted octanol–water partition coefficient (Wildman–Crippen LogP) is 14.0. The molecular weight excluding hydrogens is 783 g/mol. The number of hydrogen-bond donors (Lipinski definition) is 0. The lowest BCUT2D eigenvalue weighted by molar-refractivity contribution is 0.297. The maximum Gasteiger partial charge on any atom is 0.257 e. The lowest BCUT2D eigenvalue weighted by Gasteiger charge is -2.44. The van der Waals surface area contributed by atoms with E-state index in [2.05, 4.69) is 203 Å². The normalized spacial score (nSPS) is 14.8. The van der Waals surface area contributed by atoms with E-state index in [0.717, 1.165) is 51.8 Å². The summed E-state index contributed by atoms with van der Waals surface area (Å²) in [5.74, 6) is 2.71. The van der Waals surface area contributed by atoms with Gasteiger partial charge in [-0.1, -0.05) is 131 Å². The average Bonchev–Trinajstić information content (AvgIpc) is 3.45. The first-order valence-corrected chi connectivity index (χ1v) is 23.4. The summed E-state index contributed by atoms with van der Waals surface area (Å²) in [5.41, 5.74) is 20.1. The average molecular weight is 847 g/mol. The number of anilines is 6. The summed E-state index contributed by atoms with van der Waals surface area (Å²) in [6, 6.07) is 39.2. The van der Waals surface area contributed by atoms with Gasteiger partial charge in [0.25, 0.3) is 6.71 Å². The molecule has 0 atom stereocenters. The molecule has 7 aromatic rings. The van der Waals surface area contributed by atoms with E-state index in [1.54, 1.807) is 0 Å². The SMILES string of the molecule is Cc1cc(C(C)(C)C)cc(C)c1N1c2cc(C(C)C)cc3c2B(c2cc4c(cc2N3c2ccc(C(C)(C)C)cc2-c2ccccc2)OCCCO4)c2c1oc1ccc(C(C)(C)C)cc21. The van der Waals surface area contributed by atoms with Gasteiger partial charge in [-0.25, -0.2) is 0 Å². The second-order valence-corrected chi connectivity index (χ2v) is 22.0. The van der Waals surface area contributed by atoms with Gasteiger partial charge in [0.15, 0.2) is 11.5 Å². The molecule has 0 bridgehead atoms. The topological polar surface area (TPSA) is 38.1 Å². The van der Waals surface area contributed by atoms with Crippen LogP contribution in [0.2, 0.25) is 0 Å². The van der Waals surface area contributed by atoms with Gasteiger partial charge in [-0.2, -0.15) is 0 Å². The fourth-order valence-electron chi connectivity index (χ4n) is 10.3. The van der Waals surface area contributed by atoms with Crippen LogP contribution in [0, 0.1) is 13.8 Å². The fourth-order valence-corrected chi connectivity index (χ4v) is 10.3. The zero-order chi connectivity index (χ0) is 45.2. The summed E-state index contributed by atoms with van der Waals surface area (Å²) < 4.78 is 20.5. The largest absolute Gasteiger partial charge is 0.490 e. The van der Waals surface area contributed by atoms with Gasteiger partial charge < -0.3 is 18.8 Å². The third kappa shape index (κ3) is 6.82. The molecule has 1 aromatic heterocycles. The van der Waals surface area contributed by atoms with Gasteiger partial charge in [-0.3, -0.25) is 4.90 Å². The number of aryl methyl sites for hydroxylation is 2. The van der Waals surface area contributed by atoms with Crippen molar-refractivity contribution in [1.29, 1.82) is 0 Å². The summed E-state index contributed by atoms with van der Waals surface area (Å²) in [6.07, 6.45) is 0.828. The van der Waals surface area contributed by atoms with E-state index >= 15 is 0 Å². The Bertz CT molecular complexity index is 2970. The Hall–Kier alpha value is -5.88. The van der Waals surface area contributed by atoms with Crippen LogP contribution >= 0.6 is 0 Å². The van der Waals surface area contributed by atoms with Gasteiger partial charge in [0.1, 0.15) is 5.58 Å². The van der Waals surface area contributed by atoms with Crippen LogP contribution in [-0.4, -0.2) is 19.9 Å². The van der Waals surface area contributed by atoms with Crippen molar-refractivity contribution in [1.82, 2.24) is 0 Å². The molecule has 4 heterocycles. The van der Waals surface area contributed by atoms with Crippen molar-refractivity contribution in [3.63, 3.8) is 0 Å². The Morgan fingerprint density at radius 3 is 1.78 bits per heavy atom. The first-order valence-electron chi connectivity index (χ1n) is 23.4.